The Kier molecular flexibility index (Phi) is 15.0. The standard InChI is InChI=1S/C93H54N3O3.Ir/c1-4-28-73(70(25-1)64-43-46-85(94-55-64)61-22-13-19-58(49-61)76-34-16-37-82-79-31-7-10-40-88(79)97-91(76)82)67-52-68(74-29-5-2-26-71(74)65-44-47-86(95-56-65)62-23-14-20-59(50-62)77-35-17-38-83-80-32-8-11-41-89(80)98-92(77)83)54-69(53-67)75-30-6-3-27-72(75)66-45-48-87(96-57-66)63-24-15-21-60(51-63)78-36-18-39-84-81-33-9-12-42-90(81)99-93(78)84;/h1-21,25-57H;/q-3;+3. The molecule has 0 bridgehead atoms. The van der Waals surface area contributed by atoms with Crippen molar-refractivity contribution in [3.63, 3.8) is 0 Å². The van der Waals surface area contributed by atoms with Gasteiger partial charge in [-0.3, -0.25) is 0 Å². The van der Waals surface area contributed by atoms with Crippen LogP contribution in [0.2, 0.25) is 0 Å². The molecule has 0 atom stereocenters. The van der Waals surface area contributed by atoms with E-state index in [1.165, 1.54) is 0 Å². The zero-order chi connectivity index (χ0) is 65.3. The molecule has 0 saturated heterocycles. The number of rotatable bonds is 12. The Morgan fingerprint density at radius 3 is 0.760 bits per heavy atom. The Bertz CT molecular complexity index is 5730. The molecule has 6 heterocycles. The minimum atomic E-state index is 0. The molecular formula is C93H54IrN3O3. The van der Waals surface area contributed by atoms with Gasteiger partial charge in [-0.05, 0) is 120 Å². The van der Waals surface area contributed by atoms with Gasteiger partial charge in [0.05, 0.1) is 0 Å². The molecule has 0 aliphatic rings. The number of aromatic nitrogens is 3. The van der Waals surface area contributed by atoms with Crippen LogP contribution in [0.3, 0.4) is 0 Å². The second-order valence-electron chi connectivity index (χ2n) is 25.0. The fourth-order valence-corrected chi connectivity index (χ4v) is 14.5. The van der Waals surface area contributed by atoms with Crippen LogP contribution in [0.15, 0.2) is 341 Å². The molecule has 0 aliphatic carbocycles. The van der Waals surface area contributed by atoms with E-state index in [2.05, 4.69) is 273 Å². The summed E-state index contributed by atoms with van der Waals surface area (Å²) >= 11 is 0. The third kappa shape index (κ3) is 10.6. The minimum absolute atomic E-state index is 0. The molecule has 0 aliphatic heterocycles. The second kappa shape index (κ2) is 25.1. The van der Waals surface area contributed by atoms with Crippen LogP contribution in [-0.4, -0.2) is 15.0 Å². The van der Waals surface area contributed by atoms with Crippen molar-refractivity contribution < 1.29 is 33.4 Å². The summed E-state index contributed by atoms with van der Waals surface area (Å²) in [5.74, 6) is 0. The predicted molar refractivity (Wildman–Crippen MR) is 403 cm³/mol. The number of hydrogen-bond donors (Lipinski definition) is 0. The van der Waals surface area contributed by atoms with Crippen LogP contribution in [0.25, 0.3) is 200 Å². The third-order valence-corrected chi connectivity index (χ3v) is 19.2. The first-order chi connectivity index (χ1) is 49.0. The van der Waals surface area contributed by atoms with Gasteiger partial charge in [0.1, 0.15) is 33.5 Å². The van der Waals surface area contributed by atoms with E-state index in [-0.39, 0.29) is 20.1 Å². The number of pyridine rings is 3. The van der Waals surface area contributed by atoms with Crippen LogP contribution in [0.5, 0.6) is 0 Å². The van der Waals surface area contributed by atoms with Crippen LogP contribution in [0, 0.1) is 18.2 Å². The fourth-order valence-electron chi connectivity index (χ4n) is 14.5. The van der Waals surface area contributed by atoms with Crippen molar-refractivity contribution in [3.05, 3.63) is 346 Å². The normalized spacial score (nSPS) is 11.5. The first-order valence-corrected chi connectivity index (χ1v) is 33.2. The second-order valence-corrected chi connectivity index (χ2v) is 25.0. The summed E-state index contributed by atoms with van der Waals surface area (Å²) in [6.07, 6.45) is 5.96. The van der Waals surface area contributed by atoms with E-state index >= 15 is 0 Å². The maximum absolute atomic E-state index is 6.47. The maximum atomic E-state index is 6.47. The van der Waals surface area contributed by atoms with Crippen molar-refractivity contribution >= 4 is 65.8 Å². The monoisotopic (exact) mass is 1450 g/mol. The van der Waals surface area contributed by atoms with Crippen molar-refractivity contribution in [1.82, 2.24) is 15.0 Å². The average Bonchev–Trinajstić information content (AvgIpc) is 1.59. The van der Waals surface area contributed by atoms with Crippen molar-refractivity contribution in [2.45, 2.75) is 0 Å². The van der Waals surface area contributed by atoms with Gasteiger partial charge >= 0.3 is 20.1 Å². The number of para-hydroxylation sites is 6. The summed E-state index contributed by atoms with van der Waals surface area (Å²) in [5.41, 5.74) is 29.1. The molecule has 19 rings (SSSR count). The molecule has 0 N–H and O–H groups in total. The number of nitrogens with zero attached hydrogens (tertiary/aromatic N) is 3. The Morgan fingerprint density at radius 1 is 0.210 bits per heavy atom. The molecule has 0 radical (unpaired) electrons. The predicted octanol–water partition coefficient (Wildman–Crippen LogP) is 25.0. The first-order valence-electron chi connectivity index (χ1n) is 33.2. The molecule has 468 valence electrons. The summed E-state index contributed by atoms with van der Waals surface area (Å²) in [6.45, 7) is 0. The van der Waals surface area contributed by atoms with Gasteiger partial charge in [-0.1, -0.05) is 235 Å². The van der Waals surface area contributed by atoms with Crippen molar-refractivity contribution in [2.75, 3.05) is 0 Å². The SMILES string of the molecule is [Ir+3].[c-]1ccc(-c2cccc3c2oc2ccccc23)cc1-c1ccc(-c2ccccc2-c2cc(-c3ccccc3-c3ccc(-c4[c-]ccc(-c5cccc6c5oc5ccccc56)c4)nc3)cc(-c3ccccc3-c3ccc(-c4[c-]ccc(-c5cccc6c5oc5ccccc56)c4)nc3)c2)cn1. The number of hydrogen-bond acceptors (Lipinski definition) is 6. The fraction of sp³-hybridized carbons (Fsp3) is 0. The largest absolute Gasteiger partial charge is 3.00 e. The van der Waals surface area contributed by atoms with E-state index in [1.807, 2.05) is 73.2 Å². The summed E-state index contributed by atoms with van der Waals surface area (Å²) in [5, 5.41) is 6.58. The Labute approximate surface area is 590 Å². The van der Waals surface area contributed by atoms with Gasteiger partial charge < -0.3 is 28.2 Å². The maximum Gasteiger partial charge on any atom is 3.00 e. The topological polar surface area (TPSA) is 78.1 Å². The van der Waals surface area contributed by atoms with E-state index in [0.717, 1.165) is 200 Å². The first kappa shape index (κ1) is 59.8. The van der Waals surface area contributed by atoms with Gasteiger partial charge in [0.15, 0.2) is 0 Å². The zero-order valence-electron chi connectivity index (χ0n) is 53.6. The Balaban J connectivity index is 0.00000720. The summed E-state index contributed by atoms with van der Waals surface area (Å²) < 4.78 is 19.4. The smallest absolute Gasteiger partial charge is 0.455 e. The van der Waals surface area contributed by atoms with E-state index in [0.29, 0.717) is 0 Å². The molecule has 0 spiro atoms. The van der Waals surface area contributed by atoms with Crippen molar-refractivity contribution in [3.8, 4) is 134 Å². The number of benzene rings is 13. The molecule has 13 aromatic carbocycles. The van der Waals surface area contributed by atoms with Crippen LogP contribution >= 0.6 is 0 Å². The molecular weight excluding hydrogens is 1400 g/mol. The molecule has 7 heteroatoms. The molecule has 0 unspecified atom stereocenters. The molecule has 0 amide bonds. The van der Waals surface area contributed by atoms with Crippen LogP contribution in [-0.2, 0) is 20.1 Å². The van der Waals surface area contributed by atoms with Gasteiger partial charge in [-0.25, -0.2) is 0 Å². The number of fused-ring (bicyclic) bond motifs is 9. The number of furan rings is 3. The van der Waals surface area contributed by atoms with E-state index in [9.17, 15) is 0 Å². The van der Waals surface area contributed by atoms with Gasteiger partial charge in [0.25, 0.3) is 0 Å². The Morgan fingerprint density at radius 2 is 0.470 bits per heavy atom. The van der Waals surface area contributed by atoms with Crippen molar-refractivity contribution in [2.24, 2.45) is 0 Å². The molecule has 100 heavy (non-hydrogen) atoms. The van der Waals surface area contributed by atoms with E-state index in [4.69, 9.17) is 28.2 Å². The minimum Gasteiger partial charge on any atom is -0.455 e. The van der Waals surface area contributed by atoms with Crippen LogP contribution < -0.4 is 0 Å². The van der Waals surface area contributed by atoms with Gasteiger partial charge in [-0.2, -0.15) is 0 Å². The Hall–Kier alpha value is -12.6. The summed E-state index contributed by atoms with van der Waals surface area (Å²) in [7, 11) is 0. The molecule has 0 fully saturated rings. The van der Waals surface area contributed by atoms with E-state index < -0.39 is 0 Å². The van der Waals surface area contributed by atoms with Crippen molar-refractivity contribution in [1.29, 1.82) is 0 Å². The molecule has 6 aromatic heterocycles. The van der Waals surface area contributed by atoms with Gasteiger partial charge in [0, 0.05) is 67.6 Å². The average molecular weight is 1450 g/mol. The molecule has 19 aromatic rings. The molecule has 6 nitrogen and oxygen atoms in total. The van der Waals surface area contributed by atoms with Gasteiger partial charge in [-0.15, -0.1) is 89.5 Å². The van der Waals surface area contributed by atoms with Crippen LogP contribution in [0.1, 0.15) is 0 Å². The van der Waals surface area contributed by atoms with Crippen LogP contribution in [0.4, 0.5) is 0 Å². The summed E-state index contributed by atoms with van der Waals surface area (Å²) in [6, 6.07) is 119. The zero-order valence-corrected chi connectivity index (χ0v) is 56.0. The van der Waals surface area contributed by atoms with Gasteiger partial charge in [0.2, 0.25) is 0 Å². The molecule has 0 saturated carbocycles. The van der Waals surface area contributed by atoms with E-state index in [1.54, 1.807) is 0 Å². The summed E-state index contributed by atoms with van der Waals surface area (Å²) in [4.78, 5) is 15.5. The third-order valence-electron chi connectivity index (χ3n) is 19.2. The quantitative estimate of drug-likeness (QED) is 0.113.